The molecule has 1 aliphatic carbocycles. The van der Waals surface area contributed by atoms with Crippen molar-refractivity contribution >= 4 is 5.78 Å². The minimum atomic E-state index is 0.269. The molecule has 0 bridgehead atoms. The third-order valence-corrected chi connectivity index (χ3v) is 3.31. The number of Topliss-reactive ketones (excluding diaryl/α,β-unsaturated/α-hetero) is 1. The van der Waals surface area contributed by atoms with Crippen LogP contribution in [-0.4, -0.2) is 12.4 Å². The topological polar surface area (TPSA) is 26.3 Å². The molecule has 0 N–H and O–H groups in total. The summed E-state index contributed by atoms with van der Waals surface area (Å²) in [5.41, 5.74) is 2.04. The summed E-state index contributed by atoms with van der Waals surface area (Å²) in [6, 6.07) is 5.85. The van der Waals surface area contributed by atoms with Crippen LogP contribution in [-0.2, 0) is 6.42 Å². The van der Waals surface area contributed by atoms with Gasteiger partial charge in [0.1, 0.15) is 5.75 Å². The molecule has 0 spiro atoms. The number of carbonyl (C=O) groups excluding carboxylic acids is 1. The molecule has 0 aromatic heterocycles. The fourth-order valence-electron chi connectivity index (χ4n) is 2.34. The van der Waals surface area contributed by atoms with Crippen molar-refractivity contribution in [1.82, 2.24) is 0 Å². The third-order valence-electron chi connectivity index (χ3n) is 3.31. The summed E-state index contributed by atoms with van der Waals surface area (Å²) in [5.74, 6) is 1.77. The predicted molar refractivity (Wildman–Crippen MR) is 68.7 cm³/mol. The summed E-state index contributed by atoms with van der Waals surface area (Å²) in [4.78, 5) is 11.5. The van der Waals surface area contributed by atoms with Gasteiger partial charge in [-0.1, -0.05) is 20.3 Å². The number of hydrogen-bond donors (Lipinski definition) is 0. The van der Waals surface area contributed by atoms with Crippen LogP contribution < -0.4 is 4.74 Å². The lowest BCUT2D eigenvalue weighted by Crippen LogP contribution is -2.08. The van der Waals surface area contributed by atoms with Gasteiger partial charge in [-0.05, 0) is 42.5 Å². The fourth-order valence-corrected chi connectivity index (χ4v) is 2.34. The number of fused-ring (bicyclic) bond motifs is 1. The van der Waals surface area contributed by atoms with Crippen molar-refractivity contribution in [1.29, 1.82) is 0 Å². The van der Waals surface area contributed by atoms with Crippen molar-refractivity contribution in [2.75, 3.05) is 6.61 Å². The maximum atomic E-state index is 11.5. The standard InChI is InChI=1S/C15H20O2/c1-3-4-11(2)10-17-13-6-7-14-12(9-13)5-8-15(14)16/h6-7,9,11H,3-5,8,10H2,1-2H3. The van der Waals surface area contributed by atoms with Crippen LogP contribution in [0, 0.1) is 5.92 Å². The first-order chi connectivity index (χ1) is 8.20. The zero-order valence-electron chi connectivity index (χ0n) is 10.7. The minimum absolute atomic E-state index is 0.269. The average molecular weight is 232 g/mol. The molecule has 92 valence electrons. The second-order valence-corrected chi connectivity index (χ2v) is 4.95. The van der Waals surface area contributed by atoms with Gasteiger partial charge >= 0.3 is 0 Å². The summed E-state index contributed by atoms with van der Waals surface area (Å²) >= 11 is 0. The van der Waals surface area contributed by atoms with Crippen LogP contribution in [0.5, 0.6) is 5.75 Å². The van der Waals surface area contributed by atoms with Crippen LogP contribution >= 0.6 is 0 Å². The van der Waals surface area contributed by atoms with E-state index in [0.717, 1.165) is 29.9 Å². The first kappa shape index (κ1) is 12.2. The molecule has 0 amide bonds. The minimum Gasteiger partial charge on any atom is -0.493 e. The number of aryl methyl sites for hydroxylation is 1. The highest BCUT2D eigenvalue weighted by atomic mass is 16.5. The van der Waals surface area contributed by atoms with Crippen molar-refractivity contribution in [3.8, 4) is 5.75 Å². The van der Waals surface area contributed by atoms with E-state index in [2.05, 4.69) is 13.8 Å². The molecular weight excluding hydrogens is 212 g/mol. The first-order valence-corrected chi connectivity index (χ1v) is 6.49. The molecule has 1 aromatic carbocycles. The van der Waals surface area contributed by atoms with Crippen LogP contribution in [0.2, 0.25) is 0 Å². The molecule has 1 aliphatic rings. The molecule has 0 fully saturated rings. The highest BCUT2D eigenvalue weighted by Crippen LogP contribution is 2.26. The van der Waals surface area contributed by atoms with Crippen molar-refractivity contribution in [2.45, 2.75) is 39.5 Å². The Morgan fingerprint density at radius 3 is 2.94 bits per heavy atom. The SMILES string of the molecule is CCCC(C)COc1ccc2c(c1)CCC2=O. The van der Waals surface area contributed by atoms with Gasteiger partial charge in [-0.2, -0.15) is 0 Å². The number of rotatable bonds is 5. The van der Waals surface area contributed by atoms with Gasteiger partial charge in [-0.3, -0.25) is 4.79 Å². The van der Waals surface area contributed by atoms with Crippen LogP contribution in [0.15, 0.2) is 18.2 Å². The Morgan fingerprint density at radius 2 is 2.18 bits per heavy atom. The number of hydrogen-bond acceptors (Lipinski definition) is 2. The molecule has 0 saturated carbocycles. The molecule has 1 aromatic rings. The van der Waals surface area contributed by atoms with Crippen LogP contribution in [0.1, 0.15) is 49.0 Å². The first-order valence-electron chi connectivity index (χ1n) is 6.49. The lowest BCUT2D eigenvalue weighted by atomic mass is 10.1. The predicted octanol–water partition coefficient (Wildman–Crippen LogP) is 3.63. The second kappa shape index (κ2) is 5.35. The summed E-state index contributed by atoms with van der Waals surface area (Å²) in [5, 5.41) is 0. The van der Waals surface area contributed by atoms with E-state index < -0.39 is 0 Å². The van der Waals surface area contributed by atoms with Gasteiger partial charge in [0.05, 0.1) is 6.61 Å². The summed E-state index contributed by atoms with van der Waals surface area (Å²) < 4.78 is 5.77. The monoisotopic (exact) mass is 232 g/mol. The molecule has 1 atom stereocenters. The molecule has 2 nitrogen and oxygen atoms in total. The van der Waals surface area contributed by atoms with E-state index in [1.165, 1.54) is 12.8 Å². The normalized spacial score (nSPS) is 15.8. The Morgan fingerprint density at radius 1 is 1.35 bits per heavy atom. The van der Waals surface area contributed by atoms with E-state index in [4.69, 9.17) is 4.74 Å². The summed E-state index contributed by atoms with van der Waals surface area (Å²) in [6.45, 7) is 5.17. The molecule has 17 heavy (non-hydrogen) atoms. The molecule has 2 heteroatoms. The van der Waals surface area contributed by atoms with Crippen LogP contribution in [0.4, 0.5) is 0 Å². The summed E-state index contributed by atoms with van der Waals surface area (Å²) in [7, 11) is 0. The maximum absolute atomic E-state index is 11.5. The van der Waals surface area contributed by atoms with Gasteiger partial charge < -0.3 is 4.74 Å². The fraction of sp³-hybridized carbons (Fsp3) is 0.533. The highest BCUT2D eigenvalue weighted by Gasteiger charge is 2.19. The lowest BCUT2D eigenvalue weighted by molar-refractivity contribution is 0.0994. The smallest absolute Gasteiger partial charge is 0.163 e. The van der Waals surface area contributed by atoms with E-state index in [9.17, 15) is 4.79 Å². The third kappa shape index (κ3) is 2.87. The molecule has 2 rings (SSSR count). The van der Waals surface area contributed by atoms with Gasteiger partial charge in [-0.25, -0.2) is 0 Å². The number of ketones is 1. The Hall–Kier alpha value is -1.31. The molecule has 0 aliphatic heterocycles. The molecular formula is C15H20O2. The van der Waals surface area contributed by atoms with E-state index in [1.54, 1.807) is 0 Å². The van der Waals surface area contributed by atoms with Crippen molar-refractivity contribution in [2.24, 2.45) is 5.92 Å². The highest BCUT2D eigenvalue weighted by molar-refractivity contribution is 6.00. The Kier molecular flexibility index (Phi) is 3.82. The van der Waals surface area contributed by atoms with Gasteiger partial charge in [0, 0.05) is 12.0 Å². The molecule has 1 unspecified atom stereocenters. The molecule has 0 saturated heterocycles. The zero-order valence-corrected chi connectivity index (χ0v) is 10.7. The molecule has 0 radical (unpaired) electrons. The number of carbonyl (C=O) groups is 1. The molecule has 0 heterocycles. The van der Waals surface area contributed by atoms with E-state index >= 15 is 0 Å². The number of ether oxygens (including phenoxy) is 1. The van der Waals surface area contributed by atoms with Gasteiger partial charge in [-0.15, -0.1) is 0 Å². The maximum Gasteiger partial charge on any atom is 0.163 e. The largest absolute Gasteiger partial charge is 0.493 e. The van der Waals surface area contributed by atoms with Crippen molar-refractivity contribution < 1.29 is 9.53 Å². The zero-order chi connectivity index (χ0) is 12.3. The number of benzene rings is 1. The average Bonchev–Trinajstić information content (AvgIpc) is 2.69. The Bertz CT molecular complexity index is 409. The quantitative estimate of drug-likeness (QED) is 0.775. The van der Waals surface area contributed by atoms with Crippen molar-refractivity contribution in [3.63, 3.8) is 0 Å². The van der Waals surface area contributed by atoms with E-state index in [1.807, 2.05) is 18.2 Å². The summed E-state index contributed by atoms with van der Waals surface area (Å²) in [6.07, 6.45) is 3.92. The Labute approximate surface area is 103 Å². The van der Waals surface area contributed by atoms with Crippen LogP contribution in [0.3, 0.4) is 0 Å². The van der Waals surface area contributed by atoms with Gasteiger partial charge in [0.15, 0.2) is 5.78 Å². The lowest BCUT2D eigenvalue weighted by Gasteiger charge is -2.12. The van der Waals surface area contributed by atoms with E-state index in [0.29, 0.717) is 12.3 Å². The second-order valence-electron chi connectivity index (χ2n) is 4.95. The van der Waals surface area contributed by atoms with Gasteiger partial charge in [0.25, 0.3) is 0 Å². The van der Waals surface area contributed by atoms with E-state index in [-0.39, 0.29) is 5.78 Å². The van der Waals surface area contributed by atoms with Crippen LogP contribution in [0.25, 0.3) is 0 Å². The Balaban J connectivity index is 1.97. The van der Waals surface area contributed by atoms with Gasteiger partial charge in [0.2, 0.25) is 0 Å². The van der Waals surface area contributed by atoms with Crippen molar-refractivity contribution in [3.05, 3.63) is 29.3 Å².